The van der Waals surface area contributed by atoms with E-state index < -0.39 is 11.7 Å². The van der Waals surface area contributed by atoms with Crippen LogP contribution in [-0.2, 0) is 11.3 Å². The van der Waals surface area contributed by atoms with Gasteiger partial charge in [0.2, 0.25) is 5.91 Å². The highest BCUT2D eigenvalue weighted by Crippen LogP contribution is 2.16. The van der Waals surface area contributed by atoms with Crippen LogP contribution in [0.25, 0.3) is 0 Å². The molecule has 7 heteroatoms. The molecule has 0 bridgehead atoms. The van der Waals surface area contributed by atoms with E-state index in [9.17, 15) is 9.18 Å². The lowest BCUT2D eigenvalue weighted by molar-refractivity contribution is -0.116. The molecule has 1 aromatic heterocycles. The lowest BCUT2D eigenvalue weighted by Gasteiger charge is -2.05. The van der Waals surface area contributed by atoms with Gasteiger partial charge in [-0.05, 0) is 12.1 Å². The second kappa shape index (κ2) is 5.05. The van der Waals surface area contributed by atoms with Gasteiger partial charge in [0.05, 0.1) is 5.69 Å². The third kappa shape index (κ3) is 2.78. The second-order valence-corrected chi connectivity index (χ2v) is 4.00. The number of nitrogens with zero attached hydrogens (tertiary/aromatic N) is 2. The number of aromatic nitrogens is 2. The SMILES string of the molecule is Nc1nn(CC(=O)Nc2ccccc2F)cc1Cl. The monoisotopic (exact) mass is 268 g/mol. The van der Waals surface area contributed by atoms with Gasteiger partial charge in [0.1, 0.15) is 17.4 Å². The summed E-state index contributed by atoms with van der Waals surface area (Å²) in [5.41, 5.74) is 5.56. The van der Waals surface area contributed by atoms with E-state index in [1.54, 1.807) is 12.1 Å². The van der Waals surface area contributed by atoms with Crippen LogP contribution in [0.4, 0.5) is 15.9 Å². The van der Waals surface area contributed by atoms with E-state index in [0.29, 0.717) is 0 Å². The molecule has 0 saturated heterocycles. The van der Waals surface area contributed by atoms with Gasteiger partial charge in [0.25, 0.3) is 0 Å². The molecule has 3 N–H and O–H groups in total. The van der Waals surface area contributed by atoms with Crippen LogP contribution in [0.15, 0.2) is 30.5 Å². The van der Waals surface area contributed by atoms with Gasteiger partial charge >= 0.3 is 0 Å². The number of hydrogen-bond donors (Lipinski definition) is 2. The number of nitrogen functional groups attached to an aromatic ring is 1. The minimum Gasteiger partial charge on any atom is -0.381 e. The largest absolute Gasteiger partial charge is 0.381 e. The lowest BCUT2D eigenvalue weighted by atomic mass is 10.3. The van der Waals surface area contributed by atoms with Gasteiger partial charge in [-0.25, -0.2) is 4.39 Å². The number of rotatable bonds is 3. The summed E-state index contributed by atoms with van der Waals surface area (Å²) in [4.78, 5) is 11.6. The fraction of sp³-hybridized carbons (Fsp3) is 0.0909. The zero-order chi connectivity index (χ0) is 13.1. The summed E-state index contributed by atoms with van der Waals surface area (Å²) in [5, 5.41) is 6.52. The molecule has 1 aromatic carbocycles. The topological polar surface area (TPSA) is 72.9 Å². The number of carbonyl (C=O) groups is 1. The van der Waals surface area contributed by atoms with Crippen LogP contribution in [0.5, 0.6) is 0 Å². The van der Waals surface area contributed by atoms with Gasteiger partial charge in [-0.3, -0.25) is 9.48 Å². The molecule has 0 aliphatic heterocycles. The van der Waals surface area contributed by atoms with Crippen LogP contribution >= 0.6 is 11.6 Å². The summed E-state index contributed by atoms with van der Waals surface area (Å²) in [6.45, 7) is -0.0920. The van der Waals surface area contributed by atoms with Gasteiger partial charge in [-0.1, -0.05) is 23.7 Å². The minimum atomic E-state index is -0.496. The third-order valence-electron chi connectivity index (χ3n) is 2.20. The van der Waals surface area contributed by atoms with Gasteiger partial charge in [-0.15, -0.1) is 0 Å². The van der Waals surface area contributed by atoms with E-state index in [-0.39, 0.29) is 23.1 Å². The van der Waals surface area contributed by atoms with Crippen molar-refractivity contribution in [3.63, 3.8) is 0 Å². The Kier molecular flexibility index (Phi) is 3.47. The van der Waals surface area contributed by atoms with Crippen molar-refractivity contribution in [2.24, 2.45) is 0 Å². The maximum atomic E-state index is 13.3. The molecule has 0 aliphatic carbocycles. The van der Waals surface area contributed by atoms with E-state index in [4.69, 9.17) is 17.3 Å². The summed E-state index contributed by atoms with van der Waals surface area (Å²) in [7, 11) is 0. The molecule has 94 valence electrons. The zero-order valence-electron chi connectivity index (χ0n) is 9.23. The molecule has 0 radical (unpaired) electrons. The van der Waals surface area contributed by atoms with Gasteiger partial charge in [-0.2, -0.15) is 5.10 Å². The van der Waals surface area contributed by atoms with Crippen LogP contribution < -0.4 is 11.1 Å². The first-order valence-electron chi connectivity index (χ1n) is 5.09. The minimum absolute atomic E-state index is 0.0920. The Morgan fingerprint density at radius 3 is 2.83 bits per heavy atom. The molecule has 2 aromatic rings. The number of anilines is 2. The average Bonchev–Trinajstić information content (AvgIpc) is 2.61. The second-order valence-electron chi connectivity index (χ2n) is 3.59. The highest BCUT2D eigenvalue weighted by Gasteiger charge is 2.09. The molecule has 1 heterocycles. The molecular formula is C11H10ClFN4O. The lowest BCUT2D eigenvalue weighted by Crippen LogP contribution is -2.19. The summed E-state index contributed by atoms with van der Waals surface area (Å²) < 4.78 is 14.6. The van der Waals surface area contributed by atoms with E-state index in [2.05, 4.69) is 10.4 Å². The van der Waals surface area contributed by atoms with E-state index in [0.717, 1.165) is 0 Å². The number of halogens is 2. The van der Waals surface area contributed by atoms with E-state index >= 15 is 0 Å². The summed E-state index contributed by atoms with van der Waals surface area (Å²) >= 11 is 5.70. The summed E-state index contributed by atoms with van der Waals surface area (Å²) in [6.07, 6.45) is 1.43. The quantitative estimate of drug-likeness (QED) is 0.893. The normalized spacial score (nSPS) is 10.3. The van der Waals surface area contributed by atoms with Crippen molar-refractivity contribution in [3.8, 4) is 0 Å². The predicted octanol–water partition coefficient (Wildman–Crippen LogP) is 1.90. The van der Waals surface area contributed by atoms with Gasteiger partial charge in [0, 0.05) is 6.20 Å². The summed E-state index contributed by atoms with van der Waals surface area (Å²) in [6, 6.07) is 5.90. The van der Waals surface area contributed by atoms with Crippen molar-refractivity contribution in [2.75, 3.05) is 11.1 Å². The van der Waals surface area contributed by atoms with Crippen molar-refractivity contribution < 1.29 is 9.18 Å². The van der Waals surface area contributed by atoms with Gasteiger partial charge in [0.15, 0.2) is 5.82 Å². The Morgan fingerprint density at radius 2 is 2.22 bits per heavy atom. The number of nitrogens with one attached hydrogen (secondary N) is 1. The molecule has 1 amide bonds. The van der Waals surface area contributed by atoms with Crippen molar-refractivity contribution in [3.05, 3.63) is 41.3 Å². The fourth-order valence-corrected chi connectivity index (χ4v) is 1.54. The highest BCUT2D eigenvalue weighted by atomic mass is 35.5. The Labute approximate surface area is 107 Å². The van der Waals surface area contributed by atoms with E-state index in [1.165, 1.54) is 23.0 Å². The number of carbonyl (C=O) groups excluding carboxylic acids is 1. The number of para-hydroxylation sites is 1. The molecule has 5 nitrogen and oxygen atoms in total. The Morgan fingerprint density at radius 1 is 1.50 bits per heavy atom. The smallest absolute Gasteiger partial charge is 0.246 e. The molecule has 0 unspecified atom stereocenters. The van der Waals surface area contributed by atoms with Crippen molar-refractivity contribution in [2.45, 2.75) is 6.54 Å². The third-order valence-corrected chi connectivity index (χ3v) is 2.49. The highest BCUT2D eigenvalue weighted by molar-refractivity contribution is 6.32. The number of nitrogens with two attached hydrogens (primary N) is 1. The maximum Gasteiger partial charge on any atom is 0.246 e. The molecule has 0 saturated carbocycles. The average molecular weight is 269 g/mol. The molecular weight excluding hydrogens is 259 g/mol. The predicted molar refractivity (Wildman–Crippen MR) is 66.7 cm³/mol. The molecule has 0 fully saturated rings. The standard InChI is InChI=1S/C11H10ClFN4O/c12-7-5-17(16-11(7)14)6-10(18)15-9-4-2-1-3-8(9)13/h1-5H,6H2,(H2,14,16)(H,15,18). The number of benzene rings is 1. The molecule has 0 spiro atoms. The van der Waals surface area contributed by atoms with Crippen LogP contribution in [0.2, 0.25) is 5.02 Å². The Balaban J connectivity index is 2.03. The zero-order valence-corrected chi connectivity index (χ0v) is 9.99. The maximum absolute atomic E-state index is 13.3. The molecule has 0 aliphatic rings. The fourth-order valence-electron chi connectivity index (χ4n) is 1.39. The van der Waals surface area contributed by atoms with Crippen molar-refractivity contribution in [1.29, 1.82) is 0 Å². The van der Waals surface area contributed by atoms with Crippen LogP contribution in [-0.4, -0.2) is 15.7 Å². The van der Waals surface area contributed by atoms with Crippen LogP contribution in [0.1, 0.15) is 0 Å². The molecule has 2 rings (SSSR count). The first kappa shape index (κ1) is 12.4. The van der Waals surface area contributed by atoms with Crippen LogP contribution in [0.3, 0.4) is 0 Å². The first-order chi connectivity index (χ1) is 8.56. The van der Waals surface area contributed by atoms with E-state index in [1.807, 2.05) is 0 Å². The van der Waals surface area contributed by atoms with Crippen LogP contribution in [0, 0.1) is 5.82 Å². The molecule has 18 heavy (non-hydrogen) atoms. The summed E-state index contributed by atoms with van der Waals surface area (Å²) in [5.74, 6) is -0.765. The first-order valence-corrected chi connectivity index (χ1v) is 5.47. The van der Waals surface area contributed by atoms with Crippen molar-refractivity contribution >= 4 is 29.0 Å². The van der Waals surface area contributed by atoms with Crippen molar-refractivity contribution in [1.82, 2.24) is 9.78 Å². The Hall–Kier alpha value is -2.08. The number of amides is 1. The van der Waals surface area contributed by atoms with Gasteiger partial charge < -0.3 is 11.1 Å². The number of hydrogen-bond acceptors (Lipinski definition) is 3. The molecule has 0 atom stereocenters. The Bertz CT molecular complexity index is 565.